The molecule has 0 radical (unpaired) electrons. The molecule has 216 valence electrons. The summed E-state index contributed by atoms with van der Waals surface area (Å²) in [7, 11) is 0. The maximum Gasteiger partial charge on any atom is 0.408 e. The number of nitrogens with one attached hydrogen (secondary N) is 2. The van der Waals surface area contributed by atoms with E-state index in [1.54, 1.807) is 25.7 Å². The van der Waals surface area contributed by atoms with E-state index < -0.39 is 35.6 Å². The standard InChI is InChI=1S/C31H42N4O5/c1-19-14-15-22(18-21(19)3)27(28(37)33-24-13-8-7-10-20(24)2)35(23-11-9-12-23)29(38)25(16-17-26(32)36)34-30(39)40-31(4,5)6/h7-8,10,13-15,18,23,25,27H,9,11-12,16-17H2,1-6H3,(H2,32,36)(H,33,37)(H,34,39). The monoisotopic (exact) mass is 550 g/mol. The quantitative estimate of drug-likeness (QED) is 0.390. The highest BCUT2D eigenvalue weighted by Gasteiger charge is 2.42. The first-order valence-electron chi connectivity index (χ1n) is 13.8. The Morgan fingerprint density at radius 3 is 2.23 bits per heavy atom. The molecule has 2 atom stereocenters. The molecule has 4 amide bonds. The van der Waals surface area contributed by atoms with Gasteiger partial charge in [0.1, 0.15) is 17.7 Å². The highest BCUT2D eigenvalue weighted by molar-refractivity contribution is 5.99. The predicted molar refractivity (Wildman–Crippen MR) is 155 cm³/mol. The third-order valence-corrected chi connectivity index (χ3v) is 7.17. The minimum absolute atomic E-state index is 0.0182. The van der Waals surface area contributed by atoms with Crippen molar-refractivity contribution < 1.29 is 23.9 Å². The zero-order valence-electron chi connectivity index (χ0n) is 24.4. The summed E-state index contributed by atoms with van der Waals surface area (Å²) in [4.78, 5) is 54.4. The molecule has 1 aliphatic rings. The summed E-state index contributed by atoms with van der Waals surface area (Å²) in [6.07, 6.45) is 1.44. The second-order valence-corrected chi connectivity index (χ2v) is 11.6. The molecule has 1 saturated carbocycles. The number of hydrogen-bond acceptors (Lipinski definition) is 5. The first-order chi connectivity index (χ1) is 18.8. The molecular formula is C31H42N4O5. The molecular weight excluding hydrogens is 508 g/mol. The van der Waals surface area contributed by atoms with E-state index in [2.05, 4.69) is 10.6 Å². The van der Waals surface area contributed by atoms with Crippen LogP contribution < -0.4 is 16.4 Å². The van der Waals surface area contributed by atoms with Gasteiger partial charge in [-0.2, -0.15) is 0 Å². The molecule has 0 bridgehead atoms. The van der Waals surface area contributed by atoms with Crippen molar-refractivity contribution in [3.63, 3.8) is 0 Å². The van der Waals surface area contributed by atoms with Gasteiger partial charge in [-0.3, -0.25) is 14.4 Å². The summed E-state index contributed by atoms with van der Waals surface area (Å²) >= 11 is 0. The van der Waals surface area contributed by atoms with E-state index in [0.29, 0.717) is 11.3 Å². The van der Waals surface area contributed by atoms with E-state index >= 15 is 0 Å². The van der Waals surface area contributed by atoms with Crippen molar-refractivity contribution in [2.45, 2.75) is 97.4 Å². The lowest BCUT2D eigenvalue weighted by atomic mass is 9.87. The highest BCUT2D eigenvalue weighted by Crippen LogP contribution is 2.35. The van der Waals surface area contributed by atoms with E-state index in [1.807, 2.05) is 63.2 Å². The van der Waals surface area contributed by atoms with Gasteiger partial charge < -0.3 is 26.0 Å². The van der Waals surface area contributed by atoms with Gasteiger partial charge in [0.05, 0.1) is 0 Å². The van der Waals surface area contributed by atoms with Gasteiger partial charge in [-0.25, -0.2) is 4.79 Å². The Kier molecular flexibility index (Phi) is 9.95. The molecule has 0 spiro atoms. The number of nitrogens with two attached hydrogens (primary N) is 1. The van der Waals surface area contributed by atoms with Gasteiger partial charge in [0, 0.05) is 18.2 Å². The molecule has 0 saturated heterocycles. The summed E-state index contributed by atoms with van der Waals surface area (Å²) in [5, 5.41) is 5.67. The number of rotatable bonds is 10. The molecule has 1 aliphatic carbocycles. The molecule has 0 aliphatic heterocycles. The van der Waals surface area contributed by atoms with Crippen LogP contribution in [-0.2, 0) is 19.1 Å². The van der Waals surface area contributed by atoms with Crippen molar-refractivity contribution in [3.05, 3.63) is 64.7 Å². The number of carbonyl (C=O) groups is 4. The zero-order chi connectivity index (χ0) is 29.6. The van der Waals surface area contributed by atoms with Crippen LogP contribution in [0.25, 0.3) is 0 Å². The number of aryl methyl sites for hydroxylation is 3. The third-order valence-electron chi connectivity index (χ3n) is 7.17. The van der Waals surface area contributed by atoms with E-state index in [0.717, 1.165) is 36.0 Å². The highest BCUT2D eigenvalue weighted by atomic mass is 16.6. The van der Waals surface area contributed by atoms with Gasteiger partial charge in [-0.05, 0) is 95.5 Å². The van der Waals surface area contributed by atoms with Crippen LogP contribution in [0.1, 0.15) is 81.2 Å². The van der Waals surface area contributed by atoms with Crippen LogP contribution in [0.5, 0.6) is 0 Å². The Balaban J connectivity index is 2.06. The van der Waals surface area contributed by atoms with Crippen LogP contribution >= 0.6 is 0 Å². The lowest BCUT2D eigenvalue weighted by Crippen LogP contribution is -2.57. The minimum atomic E-state index is -1.11. The summed E-state index contributed by atoms with van der Waals surface area (Å²) in [6, 6.07) is 10.9. The largest absolute Gasteiger partial charge is 0.444 e. The van der Waals surface area contributed by atoms with Crippen LogP contribution in [0.3, 0.4) is 0 Å². The normalized spacial score (nSPS) is 14.8. The molecule has 3 rings (SSSR count). The van der Waals surface area contributed by atoms with E-state index in [-0.39, 0.29) is 24.8 Å². The smallest absolute Gasteiger partial charge is 0.408 e. The van der Waals surface area contributed by atoms with E-state index in [1.165, 1.54) is 0 Å². The predicted octanol–water partition coefficient (Wildman–Crippen LogP) is 4.83. The maximum absolute atomic E-state index is 14.3. The number of nitrogens with zero attached hydrogens (tertiary/aromatic N) is 1. The molecule has 40 heavy (non-hydrogen) atoms. The van der Waals surface area contributed by atoms with Gasteiger partial charge in [-0.15, -0.1) is 0 Å². The van der Waals surface area contributed by atoms with Crippen molar-refractivity contribution in [2.24, 2.45) is 5.73 Å². The van der Waals surface area contributed by atoms with Crippen molar-refractivity contribution >= 4 is 29.5 Å². The number of benzene rings is 2. The summed E-state index contributed by atoms with van der Waals surface area (Å²) in [5.41, 5.74) is 8.88. The number of carbonyl (C=O) groups excluding carboxylic acids is 4. The summed E-state index contributed by atoms with van der Waals surface area (Å²) in [5.74, 6) is -1.41. The number of anilines is 1. The minimum Gasteiger partial charge on any atom is -0.444 e. The molecule has 0 aromatic heterocycles. The molecule has 2 aromatic carbocycles. The second kappa shape index (κ2) is 13.0. The maximum atomic E-state index is 14.3. The van der Waals surface area contributed by atoms with Crippen LogP contribution in [-0.4, -0.2) is 46.4 Å². The first kappa shape index (κ1) is 30.7. The van der Waals surface area contributed by atoms with Gasteiger partial charge in [0.15, 0.2) is 0 Å². The summed E-state index contributed by atoms with van der Waals surface area (Å²) < 4.78 is 5.40. The Morgan fingerprint density at radius 1 is 1.00 bits per heavy atom. The average molecular weight is 551 g/mol. The van der Waals surface area contributed by atoms with Crippen molar-refractivity contribution in [3.8, 4) is 0 Å². The Morgan fingerprint density at radius 2 is 1.68 bits per heavy atom. The fourth-order valence-electron chi connectivity index (χ4n) is 4.64. The lowest BCUT2D eigenvalue weighted by molar-refractivity contribution is -0.146. The van der Waals surface area contributed by atoms with E-state index in [9.17, 15) is 19.2 Å². The van der Waals surface area contributed by atoms with Crippen LogP contribution in [0.2, 0.25) is 0 Å². The van der Waals surface area contributed by atoms with Crippen LogP contribution in [0.4, 0.5) is 10.5 Å². The lowest BCUT2D eigenvalue weighted by Gasteiger charge is -2.43. The number of alkyl carbamates (subject to hydrolysis) is 1. The fraction of sp³-hybridized carbons (Fsp3) is 0.484. The molecule has 2 aromatic rings. The first-order valence-corrected chi connectivity index (χ1v) is 13.8. The van der Waals surface area contributed by atoms with Crippen LogP contribution in [0.15, 0.2) is 42.5 Å². The molecule has 1 fully saturated rings. The number of amides is 4. The molecule has 9 nitrogen and oxygen atoms in total. The summed E-state index contributed by atoms with van der Waals surface area (Å²) in [6.45, 7) is 11.0. The molecule has 4 N–H and O–H groups in total. The van der Waals surface area contributed by atoms with E-state index in [4.69, 9.17) is 10.5 Å². The SMILES string of the molecule is Cc1ccc(C(C(=O)Nc2ccccc2C)N(C(=O)C(CCC(N)=O)NC(=O)OC(C)(C)C)C2CCC2)cc1C. The van der Waals surface area contributed by atoms with Gasteiger partial charge in [0.25, 0.3) is 5.91 Å². The van der Waals surface area contributed by atoms with Crippen LogP contribution in [0, 0.1) is 20.8 Å². The second-order valence-electron chi connectivity index (χ2n) is 11.6. The molecule has 9 heteroatoms. The number of para-hydroxylation sites is 1. The average Bonchev–Trinajstić information content (AvgIpc) is 2.82. The van der Waals surface area contributed by atoms with Gasteiger partial charge in [0.2, 0.25) is 11.8 Å². The number of primary amides is 1. The zero-order valence-corrected chi connectivity index (χ0v) is 24.4. The Bertz CT molecular complexity index is 1250. The topological polar surface area (TPSA) is 131 Å². The number of ether oxygens (including phenoxy) is 1. The van der Waals surface area contributed by atoms with Gasteiger partial charge >= 0.3 is 6.09 Å². The molecule has 0 heterocycles. The van der Waals surface area contributed by atoms with Crippen molar-refractivity contribution in [1.29, 1.82) is 0 Å². The Hall–Kier alpha value is -3.88. The number of hydrogen-bond donors (Lipinski definition) is 3. The Labute approximate surface area is 236 Å². The van der Waals surface area contributed by atoms with Gasteiger partial charge in [-0.1, -0.05) is 36.4 Å². The van der Waals surface area contributed by atoms with Crippen molar-refractivity contribution in [2.75, 3.05) is 5.32 Å². The molecule has 2 unspecified atom stereocenters. The fourth-order valence-corrected chi connectivity index (χ4v) is 4.64. The van der Waals surface area contributed by atoms with Crippen molar-refractivity contribution in [1.82, 2.24) is 10.2 Å². The third kappa shape index (κ3) is 8.07.